The molecule has 0 atom stereocenters. The minimum atomic E-state index is 0.315. The summed E-state index contributed by atoms with van der Waals surface area (Å²) in [6.45, 7) is 0.315. The number of nitrogens with zero attached hydrogens (tertiary/aromatic N) is 3. The molecule has 156 valence electrons. The Hall–Kier alpha value is -3.76. The van der Waals surface area contributed by atoms with Crippen LogP contribution in [0.1, 0.15) is 22.3 Å². The molecule has 0 aliphatic heterocycles. The summed E-state index contributed by atoms with van der Waals surface area (Å²) in [7, 11) is 1.61. The van der Waals surface area contributed by atoms with Crippen molar-refractivity contribution in [2.24, 2.45) is 15.9 Å². The first-order valence-corrected chi connectivity index (χ1v) is 10.5. The van der Waals surface area contributed by atoms with Crippen LogP contribution in [0.3, 0.4) is 0 Å². The average Bonchev–Trinajstić information content (AvgIpc) is 2.82. The summed E-state index contributed by atoms with van der Waals surface area (Å²) in [4.78, 5) is 0. The molecule has 0 heterocycles. The first kappa shape index (κ1) is 21.9. The molecule has 0 saturated carbocycles. The van der Waals surface area contributed by atoms with Crippen LogP contribution < -0.4 is 15.2 Å². The van der Waals surface area contributed by atoms with Gasteiger partial charge < -0.3 is 15.2 Å². The predicted molar refractivity (Wildman–Crippen MR) is 125 cm³/mol. The first-order chi connectivity index (χ1) is 15.2. The van der Waals surface area contributed by atoms with Crippen molar-refractivity contribution < 1.29 is 9.47 Å². The number of methoxy groups -OCH3 is 1. The summed E-state index contributed by atoms with van der Waals surface area (Å²) in [6.07, 6.45) is 1.64. The van der Waals surface area contributed by atoms with Crippen LogP contribution in [0.2, 0.25) is 0 Å². The summed E-state index contributed by atoms with van der Waals surface area (Å²) in [5.74, 6) is 2.13. The van der Waals surface area contributed by atoms with E-state index in [1.54, 1.807) is 37.6 Å². The van der Waals surface area contributed by atoms with E-state index in [2.05, 4.69) is 16.3 Å². The quantitative estimate of drug-likeness (QED) is 0.317. The Labute approximate surface area is 186 Å². The van der Waals surface area contributed by atoms with Gasteiger partial charge >= 0.3 is 0 Å². The SMILES string of the molecule is COc1ccc(C=NN=C(N)SCc2ccccc2)cc1COc1ccc(C#N)cc1. The lowest BCUT2D eigenvalue weighted by Crippen LogP contribution is -2.06. The van der Waals surface area contributed by atoms with E-state index in [-0.39, 0.29) is 0 Å². The molecule has 0 bridgehead atoms. The van der Waals surface area contributed by atoms with E-state index in [4.69, 9.17) is 20.5 Å². The van der Waals surface area contributed by atoms with Gasteiger partial charge in [0, 0.05) is 11.3 Å². The van der Waals surface area contributed by atoms with Gasteiger partial charge in [0.1, 0.15) is 18.1 Å². The molecule has 0 spiro atoms. The Morgan fingerprint density at radius 3 is 2.58 bits per heavy atom. The van der Waals surface area contributed by atoms with Gasteiger partial charge in [-0.3, -0.25) is 0 Å². The van der Waals surface area contributed by atoms with Crippen molar-refractivity contribution in [1.29, 1.82) is 5.26 Å². The van der Waals surface area contributed by atoms with Crippen molar-refractivity contribution in [2.45, 2.75) is 12.4 Å². The fraction of sp³-hybridized carbons (Fsp3) is 0.125. The molecular weight excluding hydrogens is 408 g/mol. The topological polar surface area (TPSA) is 93.0 Å². The van der Waals surface area contributed by atoms with Crippen LogP contribution in [0.15, 0.2) is 83.0 Å². The van der Waals surface area contributed by atoms with E-state index in [1.165, 1.54) is 17.3 Å². The van der Waals surface area contributed by atoms with Crippen LogP contribution in [-0.4, -0.2) is 18.5 Å². The molecule has 0 aliphatic rings. The fourth-order valence-corrected chi connectivity index (χ4v) is 3.30. The van der Waals surface area contributed by atoms with Gasteiger partial charge in [-0.25, -0.2) is 0 Å². The highest BCUT2D eigenvalue weighted by Crippen LogP contribution is 2.22. The summed E-state index contributed by atoms with van der Waals surface area (Å²) in [5.41, 5.74) is 9.42. The summed E-state index contributed by atoms with van der Waals surface area (Å²) < 4.78 is 11.2. The van der Waals surface area contributed by atoms with Crippen molar-refractivity contribution in [3.63, 3.8) is 0 Å². The molecule has 0 unspecified atom stereocenters. The number of amidine groups is 1. The number of ether oxygens (including phenoxy) is 2. The van der Waals surface area contributed by atoms with Gasteiger partial charge in [-0.1, -0.05) is 42.1 Å². The second kappa shape index (κ2) is 11.4. The van der Waals surface area contributed by atoms with E-state index in [9.17, 15) is 0 Å². The van der Waals surface area contributed by atoms with Crippen LogP contribution in [0.4, 0.5) is 0 Å². The van der Waals surface area contributed by atoms with Crippen LogP contribution in [-0.2, 0) is 12.4 Å². The van der Waals surface area contributed by atoms with Crippen molar-refractivity contribution in [2.75, 3.05) is 7.11 Å². The number of hydrogen-bond acceptors (Lipinski definition) is 6. The number of hydrogen-bond donors (Lipinski definition) is 1. The molecule has 0 amide bonds. The number of nitrogens with two attached hydrogens (primary N) is 1. The molecule has 0 fully saturated rings. The van der Waals surface area contributed by atoms with Crippen LogP contribution in [0, 0.1) is 11.3 Å². The zero-order valence-electron chi connectivity index (χ0n) is 17.1. The molecule has 0 radical (unpaired) electrons. The fourth-order valence-electron chi connectivity index (χ4n) is 2.69. The molecule has 3 aromatic rings. The Bertz CT molecular complexity index is 1090. The summed E-state index contributed by atoms with van der Waals surface area (Å²) in [6, 6.07) is 24.8. The summed E-state index contributed by atoms with van der Waals surface area (Å²) >= 11 is 1.44. The Balaban J connectivity index is 1.61. The van der Waals surface area contributed by atoms with E-state index < -0.39 is 0 Å². The van der Waals surface area contributed by atoms with Crippen molar-refractivity contribution in [1.82, 2.24) is 0 Å². The van der Waals surface area contributed by atoms with Crippen LogP contribution in [0.25, 0.3) is 0 Å². The smallest absolute Gasteiger partial charge is 0.180 e. The van der Waals surface area contributed by atoms with Gasteiger partial charge in [0.05, 0.1) is 25.0 Å². The minimum Gasteiger partial charge on any atom is -0.496 e. The first-order valence-electron chi connectivity index (χ1n) is 9.51. The molecule has 6 nitrogen and oxygen atoms in total. The van der Waals surface area contributed by atoms with Gasteiger partial charge in [0.15, 0.2) is 5.17 Å². The minimum absolute atomic E-state index is 0.315. The third-order valence-electron chi connectivity index (χ3n) is 4.27. The van der Waals surface area contributed by atoms with E-state index in [0.29, 0.717) is 28.8 Å². The van der Waals surface area contributed by atoms with E-state index >= 15 is 0 Å². The van der Waals surface area contributed by atoms with Gasteiger partial charge in [0.2, 0.25) is 0 Å². The van der Waals surface area contributed by atoms with Gasteiger partial charge in [-0.2, -0.15) is 10.4 Å². The third kappa shape index (κ3) is 6.91. The Morgan fingerprint density at radius 1 is 1.10 bits per heavy atom. The van der Waals surface area contributed by atoms with E-state index in [0.717, 1.165) is 16.9 Å². The molecule has 0 aliphatic carbocycles. The second-order valence-corrected chi connectivity index (χ2v) is 7.45. The number of benzene rings is 3. The lowest BCUT2D eigenvalue weighted by Gasteiger charge is -2.11. The highest BCUT2D eigenvalue weighted by Gasteiger charge is 2.06. The number of rotatable bonds is 8. The largest absolute Gasteiger partial charge is 0.496 e. The standard InChI is InChI=1S/C24H22N4O2S/c1-29-23-12-9-20(13-21(23)16-30-22-10-7-18(14-25)8-11-22)15-27-28-24(26)31-17-19-5-3-2-4-6-19/h2-13,15H,16-17H2,1H3,(H2,26,28). The second-order valence-electron chi connectivity index (χ2n) is 6.45. The molecule has 31 heavy (non-hydrogen) atoms. The maximum atomic E-state index is 8.88. The maximum absolute atomic E-state index is 8.88. The molecule has 2 N–H and O–H groups in total. The molecule has 0 saturated heterocycles. The highest BCUT2D eigenvalue weighted by atomic mass is 32.2. The maximum Gasteiger partial charge on any atom is 0.180 e. The van der Waals surface area contributed by atoms with Crippen molar-refractivity contribution >= 4 is 23.1 Å². The molecule has 0 aromatic heterocycles. The van der Waals surface area contributed by atoms with Crippen LogP contribution in [0.5, 0.6) is 11.5 Å². The number of thioether (sulfide) groups is 1. The monoisotopic (exact) mass is 430 g/mol. The normalized spacial score (nSPS) is 11.3. The van der Waals surface area contributed by atoms with Crippen molar-refractivity contribution in [3.8, 4) is 17.6 Å². The zero-order chi connectivity index (χ0) is 21.9. The van der Waals surface area contributed by atoms with E-state index in [1.807, 2.05) is 48.5 Å². The van der Waals surface area contributed by atoms with Gasteiger partial charge in [-0.05, 0) is 53.6 Å². The lowest BCUT2D eigenvalue weighted by molar-refractivity contribution is 0.296. The third-order valence-corrected chi connectivity index (χ3v) is 5.13. The molecule has 3 rings (SSSR count). The highest BCUT2D eigenvalue weighted by molar-refractivity contribution is 8.13. The average molecular weight is 431 g/mol. The number of nitriles is 1. The molecule has 7 heteroatoms. The van der Waals surface area contributed by atoms with Gasteiger partial charge in [-0.15, -0.1) is 5.10 Å². The van der Waals surface area contributed by atoms with Crippen LogP contribution >= 0.6 is 11.8 Å². The predicted octanol–water partition coefficient (Wildman–Crippen LogP) is 4.73. The molecule has 3 aromatic carbocycles. The lowest BCUT2D eigenvalue weighted by atomic mass is 10.1. The summed E-state index contributed by atoms with van der Waals surface area (Å²) in [5, 5.41) is 17.4. The Morgan fingerprint density at radius 2 is 1.87 bits per heavy atom. The Kier molecular flexibility index (Phi) is 8.09. The zero-order valence-corrected chi connectivity index (χ0v) is 17.9. The van der Waals surface area contributed by atoms with Crippen molar-refractivity contribution in [3.05, 3.63) is 95.1 Å². The van der Waals surface area contributed by atoms with Gasteiger partial charge in [0.25, 0.3) is 0 Å². The molecular formula is C24H22N4O2S.